The third-order valence-electron chi connectivity index (χ3n) is 2.43. The lowest BCUT2D eigenvalue weighted by Gasteiger charge is -1.99. The summed E-state index contributed by atoms with van der Waals surface area (Å²) < 4.78 is 5.14. The number of benzene rings is 1. The standard InChI is InChI=1S/C12H13ClN2O/c1-7-5-9(3-4-10(7)13)11-6-12(8(2)14)16-15-11/h3-6,8H,14H2,1-2H3. The van der Waals surface area contributed by atoms with Gasteiger partial charge in [0.2, 0.25) is 0 Å². The molecular weight excluding hydrogens is 224 g/mol. The van der Waals surface area contributed by atoms with Gasteiger partial charge >= 0.3 is 0 Å². The van der Waals surface area contributed by atoms with Gasteiger partial charge in [0.15, 0.2) is 5.76 Å². The van der Waals surface area contributed by atoms with E-state index in [-0.39, 0.29) is 6.04 Å². The fourth-order valence-electron chi connectivity index (χ4n) is 1.44. The molecule has 0 fully saturated rings. The predicted molar refractivity (Wildman–Crippen MR) is 64.3 cm³/mol. The van der Waals surface area contributed by atoms with Crippen LogP contribution in [0.2, 0.25) is 5.02 Å². The molecule has 1 unspecified atom stereocenters. The molecule has 1 atom stereocenters. The molecule has 2 aromatic rings. The van der Waals surface area contributed by atoms with Gasteiger partial charge in [-0.1, -0.05) is 22.8 Å². The van der Waals surface area contributed by atoms with Gasteiger partial charge in [-0.15, -0.1) is 0 Å². The Labute approximate surface area is 99.2 Å². The van der Waals surface area contributed by atoms with E-state index >= 15 is 0 Å². The SMILES string of the molecule is Cc1cc(-c2cc(C(C)N)on2)ccc1Cl. The van der Waals surface area contributed by atoms with Crippen LogP contribution in [0.25, 0.3) is 11.3 Å². The monoisotopic (exact) mass is 236 g/mol. The van der Waals surface area contributed by atoms with Crippen molar-refractivity contribution in [1.29, 1.82) is 0 Å². The van der Waals surface area contributed by atoms with Crippen molar-refractivity contribution in [3.63, 3.8) is 0 Å². The summed E-state index contributed by atoms with van der Waals surface area (Å²) in [5, 5.41) is 4.73. The summed E-state index contributed by atoms with van der Waals surface area (Å²) >= 11 is 5.96. The van der Waals surface area contributed by atoms with E-state index < -0.39 is 0 Å². The summed E-state index contributed by atoms with van der Waals surface area (Å²) in [5.41, 5.74) is 8.49. The highest BCUT2D eigenvalue weighted by molar-refractivity contribution is 6.31. The molecule has 0 aliphatic heterocycles. The van der Waals surface area contributed by atoms with Crippen LogP contribution < -0.4 is 5.73 Å². The molecule has 16 heavy (non-hydrogen) atoms. The molecule has 0 saturated heterocycles. The number of aryl methyl sites for hydroxylation is 1. The molecule has 0 bridgehead atoms. The van der Waals surface area contributed by atoms with Crippen LogP contribution in [0.3, 0.4) is 0 Å². The van der Waals surface area contributed by atoms with Crippen LogP contribution >= 0.6 is 11.6 Å². The van der Waals surface area contributed by atoms with Gasteiger partial charge in [0, 0.05) is 16.7 Å². The number of nitrogens with two attached hydrogens (primary N) is 1. The Hall–Kier alpha value is -1.32. The van der Waals surface area contributed by atoms with Gasteiger partial charge in [0.05, 0.1) is 6.04 Å². The second kappa shape index (κ2) is 4.28. The summed E-state index contributed by atoms with van der Waals surface area (Å²) in [7, 11) is 0. The first-order chi connectivity index (χ1) is 7.58. The van der Waals surface area contributed by atoms with Gasteiger partial charge in [-0.25, -0.2) is 0 Å². The van der Waals surface area contributed by atoms with Crippen molar-refractivity contribution in [3.8, 4) is 11.3 Å². The average Bonchev–Trinajstić information content (AvgIpc) is 2.71. The number of halogens is 1. The maximum Gasteiger partial charge on any atom is 0.153 e. The highest BCUT2D eigenvalue weighted by Gasteiger charge is 2.10. The summed E-state index contributed by atoms with van der Waals surface area (Å²) in [6.45, 7) is 3.82. The molecular formula is C12H13ClN2O. The summed E-state index contributed by atoms with van der Waals surface area (Å²) in [6, 6.07) is 7.46. The molecule has 0 aliphatic rings. The van der Waals surface area contributed by atoms with E-state index in [1.54, 1.807) is 0 Å². The lowest BCUT2D eigenvalue weighted by atomic mass is 10.1. The van der Waals surface area contributed by atoms with E-state index in [1.807, 2.05) is 38.1 Å². The highest BCUT2D eigenvalue weighted by Crippen LogP contribution is 2.25. The first kappa shape index (κ1) is 11.2. The summed E-state index contributed by atoms with van der Waals surface area (Å²) in [6.07, 6.45) is 0. The van der Waals surface area contributed by atoms with E-state index in [0.29, 0.717) is 5.76 Å². The minimum atomic E-state index is -0.144. The van der Waals surface area contributed by atoms with Gasteiger partial charge in [0.1, 0.15) is 5.69 Å². The average molecular weight is 237 g/mol. The quantitative estimate of drug-likeness (QED) is 0.870. The highest BCUT2D eigenvalue weighted by atomic mass is 35.5. The molecule has 1 aromatic carbocycles. The second-order valence-electron chi connectivity index (χ2n) is 3.87. The smallest absolute Gasteiger partial charge is 0.153 e. The predicted octanol–water partition coefficient (Wildman–Crippen LogP) is 3.32. The summed E-state index contributed by atoms with van der Waals surface area (Å²) in [4.78, 5) is 0. The van der Waals surface area contributed by atoms with Crippen molar-refractivity contribution in [1.82, 2.24) is 5.16 Å². The third kappa shape index (κ3) is 2.10. The molecule has 2 rings (SSSR count). The zero-order chi connectivity index (χ0) is 11.7. The van der Waals surface area contributed by atoms with E-state index in [2.05, 4.69) is 5.16 Å². The van der Waals surface area contributed by atoms with Gasteiger partial charge in [-0.3, -0.25) is 0 Å². The Morgan fingerprint density at radius 1 is 1.38 bits per heavy atom. The Balaban J connectivity index is 2.39. The molecule has 3 nitrogen and oxygen atoms in total. The van der Waals surface area contributed by atoms with E-state index in [4.69, 9.17) is 21.9 Å². The first-order valence-corrected chi connectivity index (χ1v) is 5.44. The summed E-state index contributed by atoms with van der Waals surface area (Å²) in [5.74, 6) is 0.683. The molecule has 2 N–H and O–H groups in total. The first-order valence-electron chi connectivity index (χ1n) is 5.06. The van der Waals surface area contributed by atoms with Crippen molar-refractivity contribution in [3.05, 3.63) is 40.6 Å². The molecule has 0 radical (unpaired) electrons. The van der Waals surface area contributed by atoms with Crippen molar-refractivity contribution in [2.75, 3.05) is 0 Å². The minimum absolute atomic E-state index is 0.144. The molecule has 0 amide bonds. The van der Waals surface area contributed by atoms with Crippen molar-refractivity contribution >= 4 is 11.6 Å². The Bertz CT molecular complexity index is 505. The van der Waals surface area contributed by atoms with Crippen molar-refractivity contribution < 1.29 is 4.52 Å². The number of hydrogen-bond donors (Lipinski definition) is 1. The molecule has 84 valence electrons. The molecule has 0 saturated carbocycles. The van der Waals surface area contributed by atoms with Crippen LogP contribution in [-0.2, 0) is 0 Å². The van der Waals surface area contributed by atoms with Crippen molar-refractivity contribution in [2.24, 2.45) is 5.73 Å². The maximum atomic E-state index is 5.96. The van der Waals surface area contributed by atoms with Crippen LogP contribution in [0, 0.1) is 6.92 Å². The normalized spacial score (nSPS) is 12.8. The maximum absolute atomic E-state index is 5.96. The Morgan fingerprint density at radius 3 is 2.69 bits per heavy atom. The van der Waals surface area contributed by atoms with Crippen LogP contribution in [0.4, 0.5) is 0 Å². The van der Waals surface area contributed by atoms with Gasteiger partial charge in [-0.2, -0.15) is 0 Å². The van der Waals surface area contributed by atoms with E-state index in [9.17, 15) is 0 Å². The number of nitrogens with zero attached hydrogens (tertiary/aromatic N) is 1. The van der Waals surface area contributed by atoms with Gasteiger partial charge in [-0.05, 0) is 31.5 Å². The lowest BCUT2D eigenvalue weighted by molar-refractivity contribution is 0.369. The van der Waals surface area contributed by atoms with Crippen LogP contribution in [-0.4, -0.2) is 5.16 Å². The van der Waals surface area contributed by atoms with Crippen LogP contribution in [0.1, 0.15) is 24.3 Å². The van der Waals surface area contributed by atoms with E-state index in [0.717, 1.165) is 21.8 Å². The topological polar surface area (TPSA) is 52.0 Å². The Morgan fingerprint density at radius 2 is 2.12 bits per heavy atom. The van der Waals surface area contributed by atoms with Crippen LogP contribution in [0.5, 0.6) is 0 Å². The molecule has 0 spiro atoms. The zero-order valence-corrected chi connectivity index (χ0v) is 9.95. The number of aromatic nitrogens is 1. The zero-order valence-electron chi connectivity index (χ0n) is 9.20. The van der Waals surface area contributed by atoms with Crippen LogP contribution in [0.15, 0.2) is 28.8 Å². The fourth-order valence-corrected chi connectivity index (χ4v) is 1.56. The third-order valence-corrected chi connectivity index (χ3v) is 2.85. The van der Waals surface area contributed by atoms with Gasteiger partial charge in [0.25, 0.3) is 0 Å². The molecule has 0 aliphatic carbocycles. The second-order valence-corrected chi connectivity index (χ2v) is 4.27. The van der Waals surface area contributed by atoms with Crippen molar-refractivity contribution in [2.45, 2.75) is 19.9 Å². The molecule has 1 aromatic heterocycles. The molecule has 4 heteroatoms. The number of hydrogen-bond acceptors (Lipinski definition) is 3. The minimum Gasteiger partial charge on any atom is -0.359 e. The fraction of sp³-hybridized carbons (Fsp3) is 0.250. The van der Waals surface area contributed by atoms with E-state index in [1.165, 1.54) is 0 Å². The lowest BCUT2D eigenvalue weighted by Crippen LogP contribution is -2.02. The Kier molecular flexibility index (Phi) is 2.99. The van der Waals surface area contributed by atoms with Gasteiger partial charge < -0.3 is 10.3 Å². The largest absolute Gasteiger partial charge is 0.359 e. The number of rotatable bonds is 2. The molecule has 1 heterocycles.